The summed E-state index contributed by atoms with van der Waals surface area (Å²) in [5.41, 5.74) is 11.7. The minimum Gasteiger partial charge on any atom is -0.453 e. The summed E-state index contributed by atoms with van der Waals surface area (Å²) < 4.78 is 15.5. The minimum atomic E-state index is 0.766. The van der Waals surface area contributed by atoms with Crippen LogP contribution in [0.25, 0.3) is 38.6 Å². The zero-order valence-electron chi connectivity index (χ0n) is 28.6. The lowest BCUT2D eigenvalue weighted by atomic mass is 10.0. The smallest absolute Gasteiger partial charge is 0.156 e. The number of anilines is 6. The summed E-state index contributed by atoms with van der Waals surface area (Å²) in [7, 11) is 0. The molecule has 2 aliphatic rings. The van der Waals surface area contributed by atoms with E-state index in [-0.39, 0.29) is 0 Å². The molecule has 0 N–H and O–H groups in total. The molecule has 5 nitrogen and oxygen atoms in total. The van der Waals surface area contributed by atoms with E-state index in [1.807, 2.05) is 36.4 Å². The van der Waals surface area contributed by atoms with Crippen molar-refractivity contribution < 1.29 is 9.47 Å². The maximum Gasteiger partial charge on any atom is 0.156 e. The van der Waals surface area contributed by atoms with Gasteiger partial charge in [-0.2, -0.15) is 0 Å². The predicted molar refractivity (Wildman–Crippen MR) is 216 cm³/mol. The van der Waals surface area contributed by atoms with Crippen molar-refractivity contribution in [3.63, 3.8) is 0 Å². The zero-order chi connectivity index (χ0) is 34.9. The lowest BCUT2D eigenvalue weighted by molar-refractivity contribution is 0.446. The topological polar surface area (TPSA) is 29.9 Å². The molecule has 250 valence electrons. The number of hydrogen-bond acceptors (Lipinski definition) is 4. The van der Waals surface area contributed by atoms with Crippen molar-refractivity contribution in [1.82, 2.24) is 4.57 Å². The number of nitrogens with zero attached hydrogens (tertiary/aromatic N) is 3. The first kappa shape index (κ1) is 29.5. The molecular weight excluding hydrogens is 651 g/mol. The number of aromatic nitrogens is 1. The third kappa shape index (κ3) is 4.64. The van der Waals surface area contributed by atoms with Crippen molar-refractivity contribution >= 4 is 55.9 Å². The van der Waals surface area contributed by atoms with Gasteiger partial charge in [0, 0.05) is 33.5 Å². The fraction of sp³-hybridized carbons (Fsp3) is 0. The number of rotatable bonds is 5. The van der Waals surface area contributed by atoms with E-state index >= 15 is 0 Å². The van der Waals surface area contributed by atoms with Crippen molar-refractivity contribution in [3.05, 3.63) is 188 Å². The molecule has 0 saturated carbocycles. The Morgan fingerprint density at radius 3 is 1.62 bits per heavy atom. The van der Waals surface area contributed by atoms with Gasteiger partial charge in [0.2, 0.25) is 0 Å². The summed E-state index contributed by atoms with van der Waals surface area (Å²) in [6, 6.07) is 66.0. The second-order valence-corrected chi connectivity index (χ2v) is 13.4. The Kier molecular flexibility index (Phi) is 6.48. The Bertz CT molecular complexity index is 2770. The fourth-order valence-corrected chi connectivity index (χ4v) is 7.97. The maximum absolute atomic E-state index is 6.55. The molecule has 0 aliphatic carbocycles. The number of benzene rings is 8. The maximum atomic E-state index is 6.55. The van der Waals surface area contributed by atoms with Crippen molar-refractivity contribution in [2.24, 2.45) is 0 Å². The van der Waals surface area contributed by atoms with Gasteiger partial charge in [0.1, 0.15) is 5.69 Å². The predicted octanol–water partition coefficient (Wildman–Crippen LogP) is 13.6. The largest absolute Gasteiger partial charge is 0.453 e. The van der Waals surface area contributed by atoms with Gasteiger partial charge in [-0.25, -0.2) is 0 Å². The third-order valence-electron chi connectivity index (χ3n) is 10.3. The van der Waals surface area contributed by atoms with Crippen LogP contribution in [-0.4, -0.2) is 4.57 Å². The average molecular weight is 682 g/mol. The molecular formula is C48H31N3O2. The van der Waals surface area contributed by atoms with Crippen molar-refractivity contribution in [2.45, 2.75) is 0 Å². The normalized spacial score (nSPS) is 12.4. The molecule has 0 radical (unpaired) electrons. The molecule has 53 heavy (non-hydrogen) atoms. The molecule has 0 bridgehead atoms. The van der Waals surface area contributed by atoms with Crippen LogP contribution in [-0.2, 0) is 0 Å². The van der Waals surface area contributed by atoms with Gasteiger partial charge in [-0.3, -0.25) is 4.90 Å². The highest BCUT2D eigenvalue weighted by Gasteiger charge is 2.35. The van der Waals surface area contributed by atoms with Crippen molar-refractivity contribution in [3.8, 4) is 39.8 Å². The van der Waals surface area contributed by atoms with E-state index in [1.165, 1.54) is 16.3 Å². The van der Waals surface area contributed by atoms with Crippen LogP contribution in [0, 0.1) is 0 Å². The lowest BCUT2D eigenvalue weighted by Crippen LogP contribution is -2.20. The zero-order valence-corrected chi connectivity index (χ0v) is 28.6. The van der Waals surface area contributed by atoms with Crippen LogP contribution in [0.1, 0.15) is 0 Å². The summed E-state index contributed by atoms with van der Waals surface area (Å²) in [5.74, 6) is 3.17. The quantitative estimate of drug-likeness (QED) is 0.181. The first-order valence-corrected chi connectivity index (χ1v) is 17.8. The highest BCUT2D eigenvalue weighted by molar-refractivity contribution is 6.10. The van der Waals surface area contributed by atoms with Crippen LogP contribution in [0.3, 0.4) is 0 Å². The summed E-state index contributed by atoms with van der Waals surface area (Å²) in [5, 5.41) is 2.46. The van der Waals surface area contributed by atoms with Crippen LogP contribution < -0.4 is 19.3 Å². The van der Waals surface area contributed by atoms with Gasteiger partial charge in [-0.1, -0.05) is 97.1 Å². The van der Waals surface area contributed by atoms with Gasteiger partial charge < -0.3 is 18.9 Å². The minimum absolute atomic E-state index is 0.766. The average Bonchev–Trinajstić information content (AvgIpc) is 3.55. The monoisotopic (exact) mass is 681 g/mol. The molecule has 2 aliphatic heterocycles. The molecule has 8 aromatic carbocycles. The number of para-hydroxylation sites is 7. The molecule has 0 amide bonds. The first-order valence-electron chi connectivity index (χ1n) is 17.8. The Balaban J connectivity index is 1.03. The van der Waals surface area contributed by atoms with Crippen LogP contribution in [0.2, 0.25) is 0 Å². The summed E-state index contributed by atoms with van der Waals surface area (Å²) in [6.45, 7) is 0. The van der Waals surface area contributed by atoms with E-state index in [9.17, 15) is 0 Å². The first-order chi connectivity index (χ1) is 26.3. The van der Waals surface area contributed by atoms with E-state index < -0.39 is 0 Å². The molecule has 5 heteroatoms. The van der Waals surface area contributed by atoms with Gasteiger partial charge in [-0.05, 0) is 102 Å². The Hall–Kier alpha value is -7.24. The molecule has 1 aromatic heterocycles. The van der Waals surface area contributed by atoms with Gasteiger partial charge >= 0.3 is 0 Å². The van der Waals surface area contributed by atoms with E-state index in [0.29, 0.717) is 0 Å². The molecule has 0 fully saturated rings. The van der Waals surface area contributed by atoms with Gasteiger partial charge in [0.05, 0.1) is 22.4 Å². The lowest BCUT2D eigenvalue weighted by Gasteiger charge is -2.38. The summed E-state index contributed by atoms with van der Waals surface area (Å²) >= 11 is 0. The molecule has 3 heterocycles. The van der Waals surface area contributed by atoms with Crippen LogP contribution >= 0.6 is 0 Å². The summed E-state index contributed by atoms with van der Waals surface area (Å²) in [6.07, 6.45) is 0. The number of hydrogen-bond donors (Lipinski definition) is 0. The van der Waals surface area contributed by atoms with Crippen LogP contribution in [0.5, 0.6) is 23.0 Å². The molecule has 0 saturated heterocycles. The fourth-order valence-electron chi connectivity index (χ4n) is 7.97. The van der Waals surface area contributed by atoms with Gasteiger partial charge in [0.15, 0.2) is 23.0 Å². The standard InChI is InChI=1S/C48H31N3O2/c1-3-13-34(14-4-1)49(37-27-28-39-38-17-7-8-18-40(38)50(43(39)31-37)35-15-5-2-6-16-35)36-25-23-32(24-26-36)33-29-46-48-47(30-33)53-45-22-12-10-20-42(45)51(48)41-19-9-11-21-44(41)52-46/h1-31H. The number of ether oxygens (including phenoxy) is 2. The highest BCUT2D eigenvalue weighted by Crippen LogP contribution is 2.60. The molecule has 9 aromatic rings. The Labute approximate surface area is 306 Å². The Morgan fingerprint density at radius 2 is 0.925 bits per heavy atom. The highest BCUT2D eigenvalue weighted by atomic mass is 16.5. The van der Waals surface area contributed by atoms with Crippen LogP contribution in [0.15, 0.2) is 188 Å². The molecule has 0 spiro atoms. The molecule has 0 atom stereocenters. The second-order valence-electron chi connectivity index (χ2n) is 13.4. The number of fused-ring (bicyclic) bond motifs is 7. The molecule has 11 rings (SSSR count). The second kappa shape index (κ2) is 11.7. The van der Waals surface area contributed by atoms with E-state index in [2.05, 4.69) is 166 Å². The van der Waals surface area contributed by atoms with E-state index in [1.54, 1.807) is 0 Å². The van der Waals surface area contributed by atoms with E-state index in [0.717, 1.165) is 79.5 Å². The van der Waals surface area contributed by atoms with Gasteiger partial charge in [0.25, 0.3) is 0 Å². The summed E-state index contributed by atoms with van der Waals surface area (Å²) in [4.78, 5) is 4.58. The Morgan fingerprint density at radius 1 is 0.377 bits per heavy atom. The van der Waals surface area contributed by atoms with Crippen molar-refractivity contribution in [2.75, 3.05) is 9.80 Å². The van der Waals surface area contributed by atoms with Crippen LogP contribution in [0.4, 0.5) is 34.1 Å². The third-order valence-corrected chi connectivity index (χ3v) is 10.3. The van der Waals surface area contributed by atoms with Gasteiger partial charge in [-0.15, -0.1) is 0 Å². The van der Waals surface area contributed by atoms with E-state index in [4.69, 9.17) is 9.47 Å². The van der Waals surface area contributed by atoms with Crippen molar-refractivity contribution in [1.29, 1.82) is 0 Å². The molecule has 0 unspecified atom stereocenters. The SMILES string of the molecule is c1ccc(N(c2ccc(-c3cc4c5c(c3)Oc3ccccc3N5c3ccccc3O4)cc2)c2ccc3c4ccccc4n(-c4ccccc4)c3c2)cc1.